The van der Waals surface area contributed by atoms with E-state index in [1.54, 1.807) is 12.1 Å². The van der Waals surface area contributed by atoms with Crippen molar-refractivity contribution < 1.29 is 5.11 Å². The minimum atomic E-state index is 0.329. The summed E-state index contributed by atoms with van der Waals surface area (Å²) in [4.78, 5) is 0. The van der Waals surface area contributed by atoms with Gasteiger partial charge in [0.15, 0.2) is 0 Å². The van der Waals surface area contributed by atoms with Gasteiger partial charge in [0.05, 0.1) is 0 Å². The van der Waals surface area contributed by atoms with Crippen molar-refractivity contribution in [3.63, 3.8) is 0 Å². The summed E-state index contributed by atoms with van der Waals surface area (Å²) < 4.78 is 0. The number of phenolic OH excluding ortho intramolecular Hbond substituents is 1. The van der Waals surface area contributed by atoms with Crippen molar-refractivity contribution in [2.75, 3.05) is 0 Å². The van der Waals surface area contributed by atoms with Gasteiger partial charge in [-0.3, -0.25) is 0 Å². The van der Waals surface area contributed by atoms with Gasteiger partial charge in [0, 0.05) is 0 Å². The van der Waals surface area contributed by atoms with Crippen molar-refractivity contribution in [3.8, 4) is 5.75 Å². The Balaban J connectivity index is 3.03. The Hall–Kier alpha value is -0.980. The zero-order valence-corrected chi connectivity index (χ0v) is 4.76. The largest absolute Gasteiger partial charge is 0.508 e. The monoisotopic (exact) mass is 120 g/mol. The molecule has 0 aliphatic carbocycles. The maximum absolute atomic E-state index is 8.76. The van der Waals surface area contributed by atoms with Gasteiger partial charge in [-0.05, 0) is 19.1 Å². The Morgan fingerprint density at radius 2 is 1.62 bits per heavy atom. The predicted molar refractivity (Wildman–Crippen MR) is 32.8 cm³/mol. The Labute approximate surface area is 48.6 Å². The molecule has 42 valence electrons. The minimum Gasteiger partial charge on any atom is -0.508 e. The van der Waals surface area contributed by atoms with Crippen LogP contribution < -0.4 is 0 Å². The topological polar surface area (TPSA) is 20.2 Å². The molecule has 1 nitrogen and oxygen atoms in total. The molecule has 0 unspecified atom stereocenters. The van der Waals surface area contributed by atoms with E-state index in [-0.39, 0.29) is 0 Å². The first-order valence-corrected chi connectivity index (χ1v) is 2.54. The third-order valence-electron chi connectivity index (χ3n) is 1.03. The highest BCUT2D eigenvalue weighted by molar-refractivity contribution is 5.24. The summed E-state index contributed by atoms with van der Waals surface area (Å²) in [6.07, 6.45) is 0. The zero-order chi connectivity index (χ0) is 5.98. The number of phenols is 1. The van der Waals surface area contributed by atoms with E-state index in [2.05, 4.69) is 0 Å². The van der Waals surface area contributed by atoms with E-state index in [0.29, 0.717) is 5.75 Å². The van der Waals surface area contributed by atoms with E-state index in [1.807, 2.05) is 19.1 Å². The summed E-state index contributed by atoms with van der Waals surface area (Å²) in [7, 11) is 0. The first kappa shape index (κ1) is 5.16. The van der Waals surface area contributed by atoms with Crippen LogP contribution in [-0.2, 0) is 0 Å². The van der Waals surface area contributed by atoms with Gasteiger partial charge >= 0.3 is 0 Å². The van der Waals surface area contributed by atoms with Crippen LogP contribution in [0.25, 0.3) is 0 Å². The summed E-state index contributed by atoms with van der Waals surface area (Å²) in [5.74, 6) is 0.329. The molecule has 0 aliphatic rings. The molecule has 0 saturated carbocycles. The molecule has 1 heteroatoms. The molecule has 1 aromatic carbocycles. The smallest absolute Gasteiger partial charge is 0.115 e. The molecule has 0 heterocycles. The van der Waals surface area contributed by atoms with E-state index in [1.165, 1.54) is 5.56 Å². The highest BCUT2D eigenvalue weighted by Crippen LogP contribution is 2.07. The van der Waals surface area contributed by atoms with Crippen LogP contribution in [0.5, 0.6) is 5.75 Å². The summed E-state index contributed by atoms with van der Waals surface area (Å²) in [6.45, 7) is 1.99. The molecule has 0 aromatic heterocycles. The van der Waals surface area contributed by atoms with Gasteiger partial charge in [-0.2, -0.15) is 0 Å². The summed E-state index contributed by atoms with van der Waals surface area (Å²) in [6, 6.07) is 7.09. The Morgan fingerprint density at radius 1 is 1.12 bits per heavy atom. The highest BCUT2D eigenvalue weighted by atomic mass is 16.5. The van der Waals surface area contributed by atoms with Gasteiger partial charge in [0.1, 0.15) is 5.75 Å². The highest BCUT2D eigenvalue weighted by Gasteiger charge is 1.82. The van der Waals surface area contributed by atoms with Crippen LogP contribution in [-0.4, -0.2) is 5.11 Å². The molecule has 8 heavy (non-hydrogen) atoms. The number of aromatic hydroxyl groups is 1. The lowest BCUT2D eigenvalue weighted by atomic mass is 11.5. The van der Waals surface area contributed by atoms with Crippen molar-refractivity contribution in [1.29, 1.82) is 0 Å². The fraction of sp³-hybridized carbons (Fsp3) is 0.143. The molecule has 1 aromatic rings. The van der Waals surface area contributed by atoms with Crippen molar-refractivity contribution in [2.45, 2.75) is 6.92 Å². The van der Waals surface area contributed by atoms with E-state index in [4.69, 9.17) is 5.11 Å². The van der Waals surface area contributed by atoms with Crippen LogP contribution >= 0.6 is 0 Å². The van der Waals surface area contributed by atoms with E-state index in [9.17, 15) is 0 Å². The number of aryl methyl sites for hydroxylation is 1. The maximum Gasteiger partial charge on any atom is 0.115 e. The van der Waals surface area contributed by atoms with Gasteiger partial charge in [-0.25, -0.2) is 0 Å². The Bertz CT molecular complexity index is 143. The molecule has 1 rings (SSSR count). The molecule has 0 saturated heterocycles. The van der Waals surface area contributed by atoms with Crippen molar-refractivity contribution in [3.05, 3.63) is 29.8 Å². The van der Waals surface area contributed by atoms with Crippen LogP contribution in [0.2, 0.25) is 0 Å². The number of benzene rings is 1. The average molecular weight is 120 g/mol. The van der Waals surface area contributed by atoms with Gasteiger partial charge in [-0.15, -0.1) is 0 Å². The second-order valence-electron chi connectivity index (χ2n) is 1.84. The fourth-order valence-corrected chi connectivity index (χ4v) is 0.545. The predicted octanol–water partition coefficient (Wildman–Crippen LogP) is 1.70. The van der Waals surface area contributed by atoms with E-state index in [0.717, 1.165) is 0 Å². The summed E-state index contributed by atoms with van der Waals surface area (Å²) in [5, 5.41) is 8.76. The van der Waals surface area contributed by atoms with Crippen LogP contribution in [0, 0.1) is 6.92 Å². The van der Waals surface area contributed by atoms with Crippen molar-refractivity contribution in [1.82, 2.24) is 0 Å². The summed E-state index contributed by atoms with van der Waals surface area (Å²) >= 11 is 0. The Morgan fingerprint density at radius 3 is 2.00 bits per heavy atom. The molecular weight excluding hydrogens is 112 g/mol. The average Bonchev–Trinajstić information content (AvgIpc) is 1.77. The lowest BCUT2D eigenvalue weighted by Crippen LogP contribution is -1.66. The SMILES string of the molecule is C[14c]1[14cH][14cH][14c](O)[14cH][14cH]1. The third-order valence-corrected chi connectivity index (χ3v) is 1.03. The van der Waals surface area contributed by atoms with Crippen molar-refractivity contribution in [2.24, 2.45) is 0 Å². The third kappa shape index (κ3) is 0.997. The molecule has 0 aliphatic heterocycles. The second-order valence-corrected chi connectivity index (χ2v) is 1.84. The quantitative estimate of drug-likeness (QED) is 0.552. The number of rotatable bonds is 0. The molecule has 1 N–H and O–H groups in total. The molecule has 0 radical (unpaired) electrons. The standard InChI is InChI=1S/C7H8O/c1-6-2-4-7(8)5-3-6/h2-5,8H,1H3/i2+2,3+2,4+2,5+2,6+2,7+2. The van der Waals surface area contributed by atoms with Crippen LogP contribution in [0.4, 0.5) is 0 Å². The fourth-order valence-electron chi connectivity index (χ4n) is 0.545. The number of hydrogen-bond acceptors (Lipinski definition) is 1. The van der Waals surface area contributed by atoms with E-state index >= 15 is 0 Å². The first-order chi connectivity index (χ1) is 3.79. The molecule has 0 spiro atoms. The van der Waals surface area contributed by atoms with Gasteiger partial charge in [0.25, 0.3) is 0 Å². The lowest BCUT2D eigenvalue weighted by molar-refractivity contribution is 0.475. The van der Waals surface area contributed by atoms with Gasteiger partial charge in [-0.1, -0.05) is 17.7 Å². The minimum absolute atomic E-state index is 0.329. The van der Waals surface area contributed by atoms with E-state index < -0.39 is 0 Å². The molecular formula is C7H8O. The lowest BCUT2D eigenvalue weighted by Gasteiger charge is -1.89. The normalized spacial score (nSPS) is 9.12. The second kappa shape index (κ2) is 1.86. The summed E-state index contributed by atoms with van der Waals surface area (Å²) in [5.41, 5.74) is 1.17. The maximum atomic E-state index is 8.76. The Kier molecular flexibility index (Phi) is 1.20. The molecule has 0 fully saturated rings. The van der Waals surface area contributed by atoms with Crippen LogP contribution in [0.1, 0.15) is 5.56 Å². The molecule has 0 bridgehead atoms. The van der Waals surface area contributed by atoms with Crippen LogP contribution in [0.15, 0.2) is 24.3 Å². The van der Waals surface area contributed by atoms with Crippen molar-refractivity contribution >= 4 is 0 Å². The zero-order valence-electron chi connectivity index (χ0n) is 4.76. The van der Waals surface area contributed by atoms with Gasteiger partial charge in [0.2, 0.25) is 0 Å². The molecule has 0 amide bonds. The molecule has 0 atom stereocenters. The first-order valence-electron chi connectivity index (χ1n) is 2.54. The van der Waals surface area contributed by atoms with Gasteiger partial charge < -0.3 is 5.11 Å². The van der Waals surface area contributed by atoms with Crippen LogP contribution in [0.3, 0.4) is 0 Å². The number of hydrogen-bond donors (Lipinski definition) is 1.